The van der Waals surface area contributed by atoms with Gasteiger partial charge in [-0.2, -0.15) is 0 Å². The van der Waals surface area contributed by atoms with Crippen molar-refractivity contribution in [1.82, 2.24) is 9.97 Å². The molecule has 3 nitrogen and oxygen atoms in total. The summed E-state index contributed by atoms with van der Waals surface area (Å²) in [4.78, 5) is 11.8. The number of aromatic nitrogens is 2. The molecular weight excluding hydrogens is 254 g/mol. The monoisotopic (exact) mass is 273 g/mol. The Hall–Kier alpha value is -1.16. The van der Waals surface area contributed by atoms with Gasteiger partial charge in [0.2, 0.25) is 0 Å². The quantitative estimate of drug-likeness (QED) is 0.901. The molecule has 0 bridgehead atoms. The van der Waals surface area contributed by atoms with E-state index in [0.29, 0.717) is 6.04 Å². The van der Waals surface area contributed by atoms with Crippen LogP contribution in [0.1, 0.15) is 49.0 Å². The molecule has 1 N–H and O–H groups in total. The normalized spacial score (nSPS) is 19.8. The van der Waals surface area contributed by atoms with Gasteiger partial charge in [0.25, 0.3) is 0 Å². The van der Waals surface area contributed by atoms with Crippen molar-refractivity contribution in [2.45, 2.75) is 57.4 Å². The Balaban J connectivity index is 1.78. The van der Waals surface area contributed by atoms with E-state index in [1.54, 1.807) is 11.2 Å². The van der Waals surface area contributed by atoms with Gasteiger partial charge in [0, 0.05) is 10.9 Å². The van der Waals surface area contributed by atoms with Gasteiger partial charge in [-0.25, -0.2) is 9.97 Å². The van der Waals surface area contributed by atoms with Crippen molar-refractivity contribution in [3.8, 4) is 0 Å². The van der Waals surface area contributed by atoms with E-state index in [9.17, 15) is 0 Å². The second-order valence-electron chi connectivity index (χ2n) is 5.74. The average Bonchev–Trinajstić information content (AvgIpc) is 3.05. The fourth-order valence-electron chi connectivity index (χ4n) is 3.46. The maximum Gasteiger partial charge on any atom is 0.138 e. The third kappa shape index (κ3) is 2.02. The van der Waals surface area contributed by atoms with Crippen LogP contribution in [0.5, 0.6) is 0 Å². The molecule has 0 atom stereocenters. The van der Waals surface area contributed by atoms with Crippen LogP contribution in [0.25, 0.3) is 10.2 Å². The van der Waals surface area contributed by atoms with Gasteiger partial charge in [-0.05, 0) is 44.1 Å². The number of fused-ring (bicyclic) bond motifs is 3. The van der Waals surface area contributed by atoms with Crippen LogP contribution in [0.3, 0.4) is 0 Å². The zero-order chi connectivity index (χ0) is 12.7. The Morgan fingerprint density at radius 1 is 1.05 bits per heavy atom. The Morgan fingerprint density at radius 2 is 1.89 bits per heavy atom. The van der Waals surface area contributed by atoms with E-state index in [2.05, 4.69) is 15.3 Å². The topological polar surface area (TPSA) is 37.8 Å². The smallest absolute Gasteiger partial charge is 0.138 e. The van der Waals surface area contributed by atoms with Gasteiger partial charge in [0.05, 0.1) is 5.39 Å². The lowest BCUT2D eigenvalue weighted by Crippen LogP contribution is -2.16. The molecule has 0 amide bonds. The van der Waals surface area contributed by atoms with E-state index in [-0.39, 0.29) is 0 Å². The minimum Gasteiger partial charge on any atom is -0.367 e. The highest BCUT2D eigenvalue weighted by Gasteiger charge is 2.22. The SMILES string of the molecule is c1nc(NC2CCCC2)c2c3c(sc2n1)CCCC3. The van der Waals surface area contributed by atoms with E-state index in [1.165, 1.54) is 67.1 Å². The number of hydrogen-bond donors (Lipinski definition) is 1. The molecule has 100 valence electrons. The van der Waals surface area contributed by atoms with Crippen LogP contribution in [-0.4, -0.2) is 16.0 Å². The standard InChI is InChI=1S/C15H19N3S/c1-2-6-10(5-1)18-14-13-11-7-3-4-8-12(11)19-15(13)17-9-16-14/h9-10H,1-8H2,(H,16,17,18). The Labute approximate surface area is 117 Å². The highest BCUT2D eigenvalue weighted by atomic mass is 32.1. The predicted molar refractivity (Wildman–Crippen MR) is 79.9 cm³/mol. The molecule has 4 rings (SSSR count). The Kier molecular flexibility index (Phi) is 2.91. The summed E-state index contributed by atoms with van der Waals surface area (Å²) in [6.07, 6.45) is 12.1. The maximum absolute atomic E-state index is 4.54. The van der Waals surface area contributed by atoms with E-state index in [0.717, 1.165) is 5.82 Å². The molecule has 0 aromatic carbocycles. The molecule has 2 aromatic rings. The van der Waals surface area contributed by atoms with E-state index in [4.69, 9.17) is 0 Å². The molecule has 1 saturated carbocycles. The van der Waals surface area contributed by atoms with Crippen molar-refractivity contribution in [2.75, 3.05) is 5.32 Å². The van der Waals surface area contributed by atoms with Gasteiger partial charge >= 0.3 is 0 Å². The highest BCUT2D eigenvalue weighted by Crippen LogP contribution is 2.38. The van der Waals surface area contributed by atoms with Crippen LogP contribution in [0.2, 0.25) is 0 Å². The molecule has 1 fully saturated rings. The molecule has 0 aliphatic heterocycles. The summed E-state index contributed by atoms with van der Waals surface area (Å²) in [7, 11) is 0. The first-order chi connectivity index (χ1) is 9.42. The first-order valence-corrected chi connectivity index (χ1v) is 8.25. The fraction of sp³-hybridized carbons (Fsp3) is 0.600. The third-order valence-corrected chi connectivity index (χ3v) is 5.65. The number of anilines is 1. The Bertz CT molecular complexity index is 599. The molecule has 2 aromatic heterocycles. The third-order valence-electron chi connectivity index (χ3n) is 4.45. The van der Waals surface area contributed by atoms with Crippen molar-refractivity contribution < 1.29 is 0 Å². The fourth-order valence-corrected chi connectivity index (χ4v) is 4.69. The summed E-state index contributed by atoms with van der Waals surface area (Å²) in [6, 6.07) is 0.622. The number of aryl methyl sites for hydroxylation is 2. The van der Waals surface area contributed by atoms with Gasteiger partial charge in [0.15, 0.2) is 0 Å². The number of nitrogens with one attached hydrogen (secondary N) is 1. The average molecular weight is 273 g/mol. The maximum atomic E-state index is 4.54. The van der Waals surface area contributed by atoms with Crippen LogP contribution in [0.15, 0.2) is 6.33 Å². The van der Waals surface area contributed by atoms with Gasteiger partial charge in [-0.1, -0.05) is 12.8 Å². The molecule has 0 unspecified atom stereocenters. The van der Waals surface area contributed by atoms with Crippen LogP contribution < -0.4 is 5.32 Å². The van der Waals surface area contributed by atoms with E-state index >= 15 is 0 Å². The van der Waals surface area contributed by atoms with Crippen molar-refractivity contribution in [2.24, 2.45) is 0 Å². The van der Waals surface area contributed by atoms with E-state index < -0.39 is 0 Å². The summed E-state index contributed by atoms with van der Waals surface area (Å²) < 4.78 is 0. The number of rotatable bonds is 2. The first-order valence-electron chi connectivity index (χ1n) is 7.43. The summed E-state index contributed by atoms with van der Waals surface area (Å²) in [6.45, 7) is 0. The molecule has 2 aliphatic carbocycles. The molecule has 2 heterocycles. The van der Waals surface area contributed by atoms with Gasteiger partial charge in [-0.15, -0.1) is 11.3 Å². The number of hydrogen-bond acceptors (Lipinski definition) is 4. The van der Waals surface area contributed by atoms with Crippen LogP contribution in [0, 0.1) is 0 Å². The minimum atomic E-state index is 0.622. The van der Waals surface area contributed by atoms with E-state index in [1.807, 2.05) is 11.3 Å². The van der Waals surface area contributed by atoms with Gasteiger partial charge in [0.1, 0.15) is 17.0 Å². The summed E-state index contributed by atoms with van der Waals surface area (Å²) in [5.74, 6) is 1.09. The predicted octanol–water partition coefficient (Wildman–Crippen LogP) is 3.92. The molecular formula is C15H19N3S. The highest BCUT2D eigenvalue weighted by molar-refractivity contribution is 7.19. The molecule has 19 heavy (non-hydrogen) atoms. The summed E-state index contributed by atoms with van der Waals surface area (Å²) >= 11 is 1.88. The molecule has 2 aliphatic rings. The zero-order valence-corrected chi connectivity index (χ0v) is 11.9. The Morgan fingerprint density at radius 3 is 2.79 bits per heavy atom. The zero-order valence-electron chi connectivity index (χ0n) is 11.1. The molecule has 4 heteroatoms. The second-order valence-corrected chi connectivity index (χ2v) is 6.82. The van der Waals surface area contributed by atoms with Crippen molar-refractivity contribution in [3.63, 3.8) is 0 Å². The van der Waals surface area contributed by atoms with Crippen LogP contribution >= 0.6 is 11.3 Å². The lowest BCUT2D eigenvalue weighted by molar-refractivity contribution is 0.700. The minimum absolute atomic E-state index is 0.622. The number of thiophene rings is 1. The molecule has 0 saturated heterocycles. The largest absolute Gasteiger partial charge is 0.367 e. The summed E-state index contributed by atoms with van der Waals surface area (Å²) in [5, 5.41) is 5.00. The van der Waals surface area contributed by atoms with Crippen LogP contribution in [0.4, 0.5) is 5.82 Å². The number of nitrogens with zero attached hydrogens (tertiary/aromatic N) is 2. The van der Waals surface area contributed by atoms with Crippen molar-refractivity contribution >= 4 is 27.4 Å². The van der Waals surface area contributed by atoms with Crippen molar-refractivity contribution in [1.29, 1.82) is 0 Å². The van der Waals surface area contributed by atoms with Crippen LogP contribution in [-0.2, 0) is 12.8 Å². The lowest BCUT2D eigenvalue weighted by Gasteiger charge is -2.15. The lowest BCUT2D eigenvalue weighted by atomic mass is 9.97. The molecule has 0 radical (unpaired) electrons. The van der Waals surface area contributed by atoms with Gasteiger partial charge in [-0.3, -0.25) is 0 Å². The second kappa shape index (κ2) is 4.75. The molecule has 0 spiro atoms. The van der Waals surface area contributed by atoms with Gasteiger partial charge < -0.3 is 5.32 Å². The summed E-state index contributed by atoms with van der Waals surface area (Å²) in [5.41, 5.74) is 1.53. The van der Waals surface area contributed by atoms with Crippen molar-refractivity contribution in [3.05, 3.63) is 16.8 Å². The first kappa shape index (κ1) is 11.6.